The first-order valence-electron chi connectivity index (χ1n) is 5.00. The highest BCUT2D eigenvalue weighted by Crippen LogP contribution is 2.18. The third kappa shape index (κ3) is 6.20. The van der Waals surface area contributed by atoms with Crippen LogP contribution >= 0.6 is 0 Å². The lowest BCUT2D eigenvalue weighted by Crippen LogP contribution is -2.44. The number of alkyl halides is 3. The maximum Gasteiger partial charge on any atom is 0.402 e. The summed E-state index contributed by atoms with van der Waals surface area (Å²) >= 11 is 0. The lowest BCUT2D eigenvalue weighted by Gasteiger charge is -2.25. The first-order valence-corrected chi connectivity index (χ1v) is 6.40. The molecule has 0 aliphatic rings. The minimum atomic E-state index is -4.53. The smallest absolute Gasteiger partial charge is 0.320 e. The predicted molar refractivity (Wildman–Crippen MR) is 58.8 cm³/mol. The van der Waals surface area contributed by atoms with E-state index in [2.05, 4.69) is 5.32 Å². The summed E-state index contributed by atoms with van der Waals surface area (Å²) in [5.74, 6) is 0. The molecule has 104 valence electrons. The van der Waals surface area contributed by atoms with Gasteiger partial charge in [0.2, 0.25) is 0 Å². The molecule has 0 heterocycles. The topological polar surface area (TPSA) is 52.7 Å². The second-order valence-electron chi connectivity index (χ2n) is 3.66. The Morgan fingerprint density at radius 1 is 1.18 bits per heavy atom. The Balaban J connectivity index is 4.44. The summed E-state index contributed by atoms with van der Waals surface area (Å²) < 4.78 is 60.7. The molecule has 5 nitrogen and oxygen atoms in total. The zero-order chi connectivity index (χ0) is 13.7. The molecule has 9 heteroatoms. The third-order valence-corrected chi connectivity index (χ3v) is 3.98. The number of hydrogen-bond donors (Lipinski definition) is 1. The monoisotopic (exact) mass is 277 g/mol. The summed E-state index contributed by atoms with van der Waals surface area (Å²) in [5.41, 5.74) is 0. The lowest BCUT2D eigenvalue weighted by atomic mass is 10.4. The second-order valence-corrected chi connectivity index (χ2v) is 5.80. The molecule has 0 rings (SSSR count). The SMILES string of the molecule is CNCCCN(C)S(=O)(=O)N(C)CC(F)(F)F. The summed E-state index contributed by atoms with van der Waals surface area (Å²) in [6, 6.07) is 0. The highest BCUT2D eigenvalue weighted by atomic mass is 32.2. The normalized spacial score (nSPS) is 13.6. The fourth-order valence-electron chi connectivity index (χ4n) is 1.17. The largest absolute Gasteiger partial charge is 0.402 e. The zero-order valence-electron chi connectivity index (χ0n) is 10.1. The van der Waals surface area contributed by atoms with Gasteiger partial charge in [-0.1, -0.05) is 0 Å². The zero-order valence-corrected chi connectivity index (χ0v) is 10.9. The van der Waals surface area contributed by atoms with E-state index < -0.39 is 22.9 Å². The van der Waals surface area contributed by atoms with Crippen LogP contribution in [0.3, 0.4) is 0 Å². The Kier molecular flexibility index (Phi) is 6.38. The van der Waals surface area contributed by atoms with E-state index in [1.807, 2.05) is 0 Å². The Labute approximate surface area is 99.8 Å². The molecule has 0 saturated heterocycles. The van der Waals surface area contributed by atoms with Crippen LogP contribution in [0.25, 0.3) is 0 Å². The molecule has 1 N–H and O–H groups in total. The minimum Gasteiger partial charge on any atom is -0.320 e. The van der Waals surface area contributed by atoms with Crippen molar-refractivity contribution in [1.29, 1.82) is 0 Å². The Bertz CT molecular complexity index is 318. The fraction of sp³-hybridized carbons (Fsp3) is 1.00. The maximum absolute atomic E-state index is 12.1. The molecule has 0 bridgehead atoms. The molecule has 0 atom stereocenters. The highest BCUT2D eigenvalue weighted by molar-refractivity contribution is 7.86. The van der Waals surface area contributed by atoms with E-state index in [4.69, 9.17) is 0 Å². The summed E-state index contributed by atoms with van der Waals surface area (Å²) in [6.45, 7) is -0.708. The van der Waals surface area contributed by atoms with E-state index in [1.54, 1.807) is 7.05 Å². The van der Waals surface area contributed by atoms with Crippen LogP contribution in [0.1, 0.15) is 6.42 Å². The molecule has 0 radical (unpaired) electrons. The quantitative estimate of drug-likeness (QED) is 0.680. The summed E-state index contributed by atoms with van der Waals surface area (Å²) in [6.07, 6.45) is -4.00. The highest BCUT2D eigenvalue weighted by Gasteiger charge is 2.35. The molecule has 0 aliphatic heterocycles. The van der Waals surface area contributed by atoms with Gasteiger partial charge in [0.15, 0.2) is 0 Å². The lowest BCUT2D eigenvalue weighted by molar-refractivity contribution is -0.134. The van der Waals surface area contributed by atoms with Crippen LogP contribution in [0.5, 0.6) is 0 Å². The minimum absolute atomic E-state index is 0.172. The van der Waals surface area contributed by atoms with Crippen LogP contribution in [0.15, 0.2) is 0 Å². The van der Waals surface area contributed by atoms with Crippen molar-refractivity contribution >= 4 is 10.2 Å². The van der Waals surface area contributed by atoms with Crippen molar-refractivity contribution < 1.29 is 21.6 Å². The van der Waals surface area contributed by atoms with Crippen molar-refractivity contribution in [1.82, 2.24) is 13.9 Å². The van der Waals surface area contributed by atoms with Crippen LogP contribution in [0, 0.1) is 0 Å². The van der Waals surface area contributed by atoms with E-state index in [-0.39, 0.29) is 6.54 Å². The van der Waals surface area contributed by atoms with E-state index in [9.17, 15) is 21.6 Å². The number of halogens is 3. The fourth-order valence-corrected chi connectivity index (χ4v) is 2.31. The van der Waals surface area contributed by atoms with Gasteiger partial charge in [0.05, 0.1) is 0 Å². The van der Waals surface area contributed by atoms with Crippen LogP contribution in [-0.4, -0.2) is 64.0 Å². The van der Waals surface area contributed by atoms with Crippen molar-refractivity contribution in [3.63, 3.8) is 0 Å². The van der Waals surface area contributed by atoms with Crippen molar-refractivity contribution in [2.45, 2.75) is 12.6 Å². The van der Waals surface area contributed by atoms with Gasteiger partial charge in [-0.3, -0.25) is 0 Å². The summed E-state index contributed by atoms with van der Waals surface area (Å²) in [5, 5.41) is 2.83. The Morgan fingerprint density at radius 2 is 1.71 bits per heavy atom. The van der Waals surface area contributed by atoms with E-state index in [0.29, 0.717) is 17.3 Å². The van der Waals surface area contributed by atoms with Gasteiger partial charge in [0, 0.05) is 20.6 Å². The third-order valence-electron chi connectivity index (χ3n) is 2.09. The van der Waals surface area contributed by atoms with Crippen LogP contribution in [0.4, 0.5) is 13.2 Å². The first kappa shape index (κ1) is 16.6. The van der Waals surface area contributed by atoms with Crippen LogP contribution < -0.4 is 5.32 Å². The molecule has 0 saturated carbocycles. The van der Waals surface area contributed by atoms with Gasteiger partial charge < -0.3 is 5.32 Å². The van der Waals surface area contributed by atoms with Crippen molar-refractivity contribution in [3.8, 4) is 0 Å². The molecule has 0 aromatic heterocycles. The molecule has 0 aromatic rings. The first-order chi connectivity index (χ1) is 7.61. The van der Waals surface area contributed by atoms with Gasteiger partial charge >= 0.3 is 6.18 Å². The molecular weight excluding hydrogens is 259 g/mol. The average molecular weight is 277 g/mol. The Morgan fingerprint density at radius 3 is 2.12 bits per heavy atom. The van der Waals surface area contributed by atoms with Crippen molar-refractivity contribution in [3.05, 3.63) is 0 Å². The molecule has 17 heavy (non-hydrogen) atoms. The molecule has 0 fully saturated rings. The van der Waals surface area contributed by atoms with Gasteiger partial charge in [-0.15, -0.1) is 0 Å². The summed E-state index contributed by atoms with van der Waals surface area (Å²) in [7, 11) is -0.145. The Hall–Kier alpha value is -0.380. The molecule has 0 spiro atoms. The van der Waals surface area contributed by atoms with Crippen molar-refractivity contribution in [2.75, 3.05) is 40.8 Å². The van der Waals surface area contributed by atoms with E-state index >= 15 is 0 Å². The van der Waals surface area contributed by atoms with Crippen LogP contribution in [-0.2, 0) is 10.2 Å². The number of hydrogen-bond acceptors (Lipinski definition) is 3. The molecule has 0 unspecified atom stereocenters. The van der Waals surface area contributed by atoms with Crippen LogP contribution in [0.2, 0.25) is 0 Å². The maximum atomic E-state index is 12.1. The van der Waals surface area contributed by atoms with Gasteiger partial charge in [0.25, 0.3) is 10.2 Å². The number of nitrogens with one attached hydrogen (secondary N) is 1. The summed E-state index contributed by atoms with van der Waals surface area (Å²) in [4.78, 5) is 0. The second kappa shape index (κ2) is 6.53. The van der Waals surface area contributed by atoms with E-state index in [0.717, 1.165) is 11.4 Å². The predicted octanol–water partition coefficient (Wildman–Crippen LogP) is 0.267. The standard InChI is InChI=1S/C8H18F3N3O2S/c1-12-5-4-6-13(2)17(15,16)14(3)7-8(9,10)11/h12H,4-7H2,1-3H3. The molecule has 0 aromatic carbocycles. The van der Waals surface area contributed by atoms with Crippen molar-refractivity contribution in [2.24, 2.45) is 0 Å². The van der Waals surface area contributed by atoms with Gasteiger partial charge in [0.1, 0.15) is 6.54 Å². The average Bonchev–Trinajstić information content (AvgIpc) is 2.15. The number of rotatable bonds is 7. The van der Waals surface area contributed by atoms with Gasteiger partial charge in [-0.25, -0.2) is 0 Å². The van der Waals surface area contributed by atoms with E-state index in [1.165, 1.54) is 7.05 Å². The van der Waals surface area contributed by atoms with Gasteiger partial charge in [-0.2, -0.15) is 30.2 Å². The molecular formula is C8H18F3N3O2S. The molecule has 0 amide bonds. The van der Waals surface area contributed by atoms with Gasteiger partial charge in [-0.05, 0) is 20.0 Å². The number of nitrogens with zero attached hydrogens (tertiary/aromatic N) is 2. The molecule has 0 aliphatic carbocycles.